The number of rotatable bonds is 2. The maximum atomic E-state index is 12.8. The first-order valence-electron chi connectivity index (χ1n) is 5.05. The fourth-order valence-electron chi connectivity index (χ4n) is 1.46. The lowest BCUT2D eigenvalue weighted by Crippen LogP contribution is -2.15. The first-order valence-corrected chi connectivity index (χ1v) is 5.05. The van der Waals surface area contributed by atoms with E-state index in [1.165, 1.54) is 10.7 Å². The molecule has 0 aliphatic heterocycles. The van der Waals surface area contributed by atoms with Crippen LogP contribution in [0.4, 0.5) is 13.2 Å². The highest BCUT2D eigenvalue weighted by atomic mass is 19.4. The highest BCUT2D eigenvalue weighted by Gasteiger charge is 2.35. The third kappa shape index (κ3) is 2.33. The standard InChI is InChI=1S/C10H10F3N5/c1-18-3-2-7(17-18)9-15-5-6(4-14)8(16-9)10(11,12)13/h2-3,5H,4,14H2,1H3. The molecule has 0 aromatic carbocycles. The molecule has 0 saturated carbocycles. The van der Waals surface area contributed by atoms with Crippen LogP contribution in [-0.4, -0.2) is 19.7 Å². The predicted octanol–water partition coefficient (Wildman–Crippen LogP) is 1.35. The number of aromatic nitrogens is 4. The van der Waals surface area contributed by atoms with E-state index in [0.29, 0.717) is 0 Å². The molecule has 5 nitrogen and oxygen atoms in total. The summed E-state index contributed by atoms with van der Waals surface area (Å²) in [5.74, 6) is -0.0693. The number of nitrogens with two attached hydrogens (primary N) is 1. The number of nitrogens with zero attached hydrogens (tertiary/aromatic N) is 4. The number of hydrogen-bond acceptors (Lipinski definition) is 4. The smallest absolute Gasteiger partial charge is 0.326 e. The summed E-state index contributed by atoms with van der Waals surface area (Å²) in [5, 5.41) is 3.95. The second-order valence-electron chi connectivity index (χ2n) is 3.64. The van der Waals surface area contributed by atoms with E-state index in [4.69, 9.17) is 5.73 Å². The zero-order chi connectivity index (χ0) is 13.3. The predicted molar refractivity (Wildman–Crippen MR) is 57.1 cm³/mol. The van der Waals surface area contributed by atoms with Crippen LogP contribution in [-0.2, 0) is 19.8 Å². The van der Waals surface area contributed by atoms with Crippen molar-refractivity contribution in [2.75, 3.05) is 0 Å². The largest absolute Gasteiger partial charge is 0.433 e. The molecule has 0 saturated heterocycles. The summed E-state index contributed by atoms with van der Waals surface area (Å²) in [7, 11) is 1.66. The minimum atomic E-state index is -4.55. The maximum absolute atomic E-state index is 12.8. The molecule has 0 atom stereocenters. The van der Waals surface area contributed by atoms with E-state index >= 15 is 0 Å². The molecule has 0 unspecified atom stereocenters. The Morgan fingerprint density at radius 1 is 1.39 bits per heavy atom. The summed E-state index contributed by atoms with van der Waals surface area (Å²) in [6.07, 6.45) is -1.87. The lowest BCUT2D eigenvalue weighted by Gasteiger charge is -2.10. The fourth-order valence-corrected chi connectivity index (χ4v) is 1.46. The van der Waals surface area contributed by atoms with E-state index < -0.39 is 11.9 Å². The SMILES string of the molecule is Cn1ccc(-c2ncc(CN)c(C(F)(F)F)n2)n1. The van der Waals surface area contributed by atoms with Gasteiger partial charge >= 0.3 is 6.18 Å². The molecule has 18 heavy (non-hydrogen) atoms. The Kier molecular flexibility index (Phi) is 3.04. The summed E-state index contributed by atoms with van der Waals surface area (Å²) >= 11 is 0. The number of halogens is 3. The third-order valence-corrected chi connectivity index (χ3v) is 2.30. The lowest BCUT2D eigenvalue weighted by atomic mass is 10.2. The second kappa shape index (κ2) is 4.37. The zero-order valence-corrected chi connectivity index (χ0v) is 9.44. The van der Waals surface area contributed by atoms with Gasteiger partial charge in [-0.05, 0) is 6.07 Å². The molecule has 2 aromatic heterocycles. The van der Waals surface area contributed by atoms with Crippen LogP contribution in [0.2, 0.25) is 0 Å². The Morgan fingerprint density at radius 3 is 2.61 bits per heavy atom. The Labute approximate surface area is 100 Å². The van der Waals surface area contributed by atoms with Gasteiger partial charge in [0.2, 0.25) is 0 Å². The summed E-state index contributed by atoms with van der Waals surface area (Å²) in [6.45, 7) is -0.267. The summed E-state index contributed by atoms with van der Waals surface area (Å²) < 4.78 is 39.8. The van der Waals surface area contributed by atoms with Crippen LogP contribution in [0, 0.1) is 0 Å². The average Bonchev–Trinajstić information content (AvgIpc) is 2.74. The molecule has 96 valence electrons. The van der Waals surface area contributed by atoms with Crippen molar-refractivity contribution in [3.8, 4) is 11.5 Å². The topological polar surface area (TPSA) is 69.6 Å². The van der Waals surface area contributed by atoms with Crippen LogP contribution in [0.25, 0.3) is 11.5 Å². The summed E-state index contributed by atoms with van der Waals surface area (Å²) in [6, 6.07) is 1.54. The van der Waals surface area contributed by atoms with Crippen molar-refractivity contribution >= 4 is 0 Å². The molecule has 2 N–H and O–H groups in total. The Morgan fingerprint density at radius 2 is 2.11 bits per heavy atom. The Bertz CT molecular complexity index is 561. The van der Waals surface area contributed by atoms with Crippen molar-refractivity contribution < 1.29 is 13.2 Å². The zero-order valence-electron chi connectivity index (χ0n) is 9.44. The molecule has 0 fully saturated rings. The van der Waals surface area contributed by atoms with Gasteiger partial charge in [-0.25, -0.2) is 9.97 Å². The second-order valence-corrected chi connectivity index (χ2v) is 3.64. The van der Waals surface area contributed by atoms with Crippen LogP contribution in [0.3, 0.4) is 0 Å². The first-order chi connectivity index (χ1) is 8.41. The first kappa shape index (κ1) is 12.5. The van der Waals surface area contributed by atoms with E-state index in [1.807, 2.05) is 0 Å². The Hall–Kier alpha value is -1.96. The van der Waals surface area contributed by atoms with E-state index in [1.54, 1.807) is 13.2 Å². The van der Waals surface area contributed by atoms with Crippen LogP contribution < -0.4 is 5.73 Å². The van der Waals surface area contributed by atoms with Gasteiger partial charge in [0, 0.05) is 31.5 Å². The molecular formula is C10H10F3N5. The minimum Gasteiger partial charge on any atom is -0.326 e. The minimum absolute atomic E-state index is 0.0693. The monoisotopic (exact) mass is 257 g/mol. The van der Waals surface area contributed by atoms with E-state index in [9.17, 15) is 13.2 Å². The van der Waals surface area contributed by atoms with E-state index in [0.717, 1.165) is 6.20 Å². The van der Waals surface area contributed by atoms with Crippen LogP contribution in [0.5, 0.6) is 0 Å². The van der Waals surface area contributed by atoms with Gasteiger partial charge in [0.1, 0.15) is 5.69 Å². The van der Waals surface area contributed by atoms with Gasteiger partial charge in [-0.15, -0.1) is 0 Å². The molecule has 0 radical (unpaired) electrons. The van der Waals surface area contributed by atoms with E-state index in [-0.39, 0.29) is 23.6 Å². The molecule has 8 heteroatoms. The number of alkyl halides is 3. The summed E-state index contributed by atoms with van der Waals surface area (Å²) in [5.41, 5.74) is 4.37. The molecule has 0 amide bonds. The lowest BCUT2D eigenvalue weighted by molar-refractivity contribution is -0.141. The van der Waals surface area contributed by atoms with Crippen molar-refractivity contribution in [1.82, 2.24) is 19.7 Å². The van der Waals surface area contributed by atoms with Crippen LogP contribution in [0.15, 0.2) is 18.5 Å². The van der Waals surface area contributed by atoms with Gasteiger partial charge in [-0.3, -0.25) is 4.68 Å². The average molecular weight is 257 g/mol. The normalized spacial score (nSPS) is 11.8. The molecule has 2 heterocycles. The van der Waals surface area contributed by atoms with Crippen molar-refractivity contribution in [3.05, 3.63) is 29.7 Å². The van der Waals surface area contributed by atoms with Gasteiger partial charge < -0.3 is 5.73 Å². The third-order valence-electron chi connectivity index (χ3n) is 2.30. The Balaban J connectivity index is 2.52. The molecule has 0 spiro atoms. The fraction of sp³-hybridized carbons (Fsp3) is 0.300. The molecule has 2 aromatic rings. The van der Waals surface area contributed by atoms with E-state index in [2.05, 4.69) is 15.1 Å². The van der Waals surface area contributed by atoms with Crippen molar-refractivity contribution in [2.24, 2.45) is 12.8 Å². The van der Waals surface area contributed by atoms with Crippen molar-refractivity contribution in [2.45, 2.75) is 12.7 Å². The molecule has 0 aliphatic rings. The molecule has 2 rings (SSSR count). The van der Waals surface area contributed by atoms with Crippen molar-refractivity contribution in [1.29, 1.82) is 0 Å². The summed E-state index contributed by atoms with van der Waals surface area (Å²) in [4.78, 5) is 7.35. The molecular weight excluding hydrogens is 247 g/mol. The maximum Gasteiger partial charge on any atom is 0.433 e. The van der Waals surface area contributed by atoms with Gasteiger partial charge in [0.05, 0.1) is 0 Å². The highest BCUT2D eigenvalue weighted by Crippen LogP contribution is 2.31. The van der Waals surface area contributed by atoms with Gasteiger partial charge in [-0.1, -0.05) is 0 Å². The van der Waals surface area contributed by atoms with Crippen molar-refractivity contribution in [3.63, 3.8) is 0 Å². The molecule has 0 aliphatic carbocycles. The van der Waals surface area contributed by atoms with Gasteiger partial charge in [-0.2, -0.15) is 18.3 Å². The number of aryl methyl sites for hydroxylation is 1. The van der Waals surface area contributed by atoms with Gasteiger partial charge in [0.15, 0.2) is 11.5 Å². The van der Waals surface area contributed by atoms with Crippen LogP contribution in [0.1, 0.15) is 11.3 Å². The quantitative estimate of drug-likeness (QED) is 0.881. The highest BCUT2D eigenvalue weighted by molar-refractivity contribution is 5.48. The number of hydrogen-bond donors (Lipinski definition) is 1. The van der Waals surface area contributed by atoms with Gasteiger partial charge in [0.25, 0.3) is 0 Å². The molecule has 0 bridgehead atoms. The van der Waals surface area contributed by atoms with Crippen LogP contribution >= 0.6 is 0 Å².